The molecule has 4 aromatic rings. The van der Waals surface area contributed by atoms with Gasteiger partial charge in [0.05, 0.1) is 34.0 Å². The standard InChI is InChI=1S/C38H43F5N8O4/c1-47(25-15-17-49(18-16-25)28-7-4-8-29-33(28)48(2)37(55)51(29)30-13-14-31(52)45-36(30)54)20-22-9-11-26(12-10-22)50-21-27(32(46-50)34(39)40)44-35(53)23-5-3-6-24(19-23)38(41,42)43/h3-8,19,21-22,25-26,30,34H,9-18,20H2,1-2H3,(H,44,53)(H,45,52,54). The molecule has 2 aliphatic heterocycles. The molecule has 2 saturated heterocycles. The average Bonchev–Trinajstić information content (AvgIpc) is 3.70. The fraction of sp³-hybridized carbons (Fsp3) is 0.500. The van der Waals surface area contributed by atoms with Crippen molar-refractivity contribution < 1.29 is 36.3 Å². The van der Waals surface area contributed by atoms with E-state index < -0.39 is 41.7 Å². The first-order valence-corrected chi connectivity index (χ1v) is 18.5. The molecule has 3 amide bonds. The van der Waals surface area contributed by atoms with Gasteiger partial charge in [0.15, 0.2) is 5.69 Å². The fourth-order valence-electron chi connectivity index (χ4n) is 8.48. The third-order valence-corrected chi connectivity index (χ3v) is 11.4. The lowest BCUT2D eigenvalue weighted by Gasteiger charge is -2.40. The maximum absolute atomic E-state index is 14.0. The van der Waals surface area contributed by atoms with E-state index in [4.69, 9.17) is 0 Å². The highest BCUT2D eigenvalue weighted by atomic mass is 19.4. The van der Waals surface area contributed by atoms with Gasteiger partial charge in [-0.25, -0.2) is 13.6 Å². The summed E-state index contributed by atoms with van der Waals surface area (Å²) in [7, 11) is 3.83. The van der Waals surface area contributed by atoms with Crippen LogP contribution in [0, 0.1) is 5.92 Å². The third-order valence-electron chi connectivity index (χ3n) is 11.4. The van der Waals surface area contributed by atoms with E-state index in [-0.39, 0.29) is 41.7 Å². The maximum Gasteiger partial charge on any atom is 0.416 e. The van der Waals surface area contributed by atoms with Crippen LogP contribution >= 0.6 is 0 Å². The van der Waals surface area contributed by atoms with Gasteiger partial charge < -0.3 is 15.1 Å². The Balaban J connectivity index is 0.941. The van der Waals surface area contributed by atoms with E-state index in [9.17, 15) is 41.1 Å². The molecule has 12 nitrogen and oxygen atoms in total. The van der Waals surface area contributed by atoms with E-state index in [2.05, 4.69) is 32.6 Å². The first-order chi connectivity index (χ1) is 26.2. The number of benzene rings is 2. The number of rotatable bonds is 9. The summed E-state index contributed by atoms with van der Waals surface area (Å²) in [6.07, 6.45) is -0.948. The molecule has 2 aromatic carbocycles. The van der Waals surface area contributed by atoms with Crippen LogP contribution < -0.4 is 21.2 Å². The largest absolute Gasteiger partial charge is 0.416 e. The van der Waals surface area contributed by atoms with E-state index >= 15 is 0 Å². The van der Waals surface area contributed by atoms with Crippen LogP contribution in [0.25, 0.3) is 11.0 Å². The summed E-state index contributed by atoms with van der Waals surface area (Å²) in [6.45, 7) is 2.42. The van der Waals surface area contributed by atoms with Crippen molar-refractivity contribution in [1.29, 1.82) is 0 Å². The lowest BCUT2D eigenvalue weighted by molar-refractivity contribution is -0.138. The normalized spacial score (nSPS) is 21.5. The molecule has 17 heteroatoms. The molecular weight excluding hydrogens is 727 g/mol. The number of anilines is 2. The number of para-hydroxylation sites is 1. The van der Waals surface area contributed by atoms with Gasteiger partial charge in [-0.3, -0.25) is 33.5 Å². The Kier molecular flexibility index (Phi) is 10.6. The molecule has 1 aliphatic carbocycles. The second-order valence-electron chi connectivity index (χ2n) is 14.9. The SMILES string of the molecule is CN(CC1CCC(n2cc(NC(=O)c3cccc(C(F)(F)F)c3)c(C(F)F)n2)CC1)C1CCN(c2cccc3c2n(C)c(=O)n3C2CCC(=O)NC2=O)CC1. The molecule has 2 aromatic heterocycles. The average molecular weight is 771 g/mol. The van der Waals surface area contributed by atoms with Gasteiger partial charge in [0, 0.05) is 50.9 Å². The quantitative estimate of drug-likeness (QED) is 0.157. The number of nitrogens with zero attached hydrogens (tertiary/aromatic N) is 6. The molecule has 294 valence electrons. The van der Waals surface area contributed by atoms with Crippen LogP contribution in [0.4, 0.5) is 33.3 Å². The highest BCUT2D eigenvalue weighted by Crippen LogP contribution is 2.37. The van der Waals surface area contributed by atoms with Crippen LogP contribution in [0.3, 0.4) is 0 Å². The lowest BCUT2D eigenvalue weighted by Crippen LogP contribution is -2.45. The first-order valence-electron chi connectivity index (χ1n) is 18.5. The first kappa shape index (κ1) is 38.2. The number of alkyl halides is 5. The molecule has 1 saturated carbocycles. The van der Waals surface area contributed by atoms with Crippen molar-refractivity contribution in [1.82, 2.24) is 29.1 Å². The number of imidazole rings is 1. The maximum atomic E-state index is 14.0. The molecule has 0 bridgehead atoms. The minimum Gasteiger partial charge on any atom is -0.370 e. The zero-order valence-corrected chi connectivity index (χ0v) is 30.5. The van der Waals surface area contributed by atoms with Crippen molar-refractivity contribution in [3.63, 3.8) is 0 Å². The molecule has 4 heterocycles. The van der Waals surface area contributed by atoms with Crippen LogP contribution in [0.2, 0.25) is 0 Å². The third kappa shape index (κ3) is 7.75. The number of fused-ring (bicyclic) bond motifs is 1. The Morgan fingerprint density at radius 1 is 1.00 bits per heavy atom. The van der Waals surface area contributed by atoms with Crippen LogP contribution in [0.15, 0.2) is 53.5 Å². The molecular formula is C38H43F5N8O4. The van der Waals surface area contributed by atoms with Gasteiger partial charge in [-0.15, -0.1) is 0 Å². The Morgan fingerprint density at radius 3 is 2.38 bits per heavy atom. The number of carbonyl (C=O) groups excluding carboxylic acids is 3. The van der Waals surface area contributed by atoms with Gasteiger partial charge in [0.1, 0.15) is 6.04 Å². The summed E-state index contributed by atoms with van der Waals surface area (Å²) < 4.78 is 71.9. The van der Waals surface area contributed by atoms with Gasteiger partial charge in [0.2, 0.25) is 11.8 Å². The molecule has 0 radical (unpaired) electrons. The number of halogens is 5. The molecule has 3 aliphatic rings. The number of amides is 3. The van der Waals surface area contributed by atoms with Crippen molar-refractivity contribution in [2.45, 2.75) is 82.1 Å². The zero-order valence-electron chi connectivity index (χ0n) is 30.5. The minimum absolute atomic E-state index is 0.162. The van der Waals surface area contributed by atoms with Crippen LogP contribution in [-0.2, 0) is 22.8 Å². The molecule has 55 heavy (non-hydrogen) atoms. The van der Waals surface area contributed by atoms with Crippen molar-refractivity contribution in [3.05, 3.63) is 76.0 Å². The topological polar surface area (TPSA) is 126 Å². The van der Waals surface area contributed by atoms with Crippen LogP contribution in [0.1, 0.15) is 91.5 Å². The Bertz CT molecular complexity index is 2140. The van der Waals surface area contributed by atoms with Crippen molar-refractivity contribution in [2.75, 3.05) is 36.9 Å². The number of piperidine rings is 2. The van der Waals surface area contributed by atoms with Gasteiger partial charge in [0.25, 0.3) is 12.3 Å². The molecule has 1 atom stereocenters. The van der Waals surface area contributed by atoms with Gasteiger partial charge in [-0.2, -0.15) is 18.3 Å². The molecule has 0 spiro atoms. The van der Waals surface area contributed by atoms with Crippen molar-refractivity contribution >= 4 is 40.1 Å². The number of hydrogen-bond donors (Lipinski definition) is 2. The minimum atomic E-state index is -4.66. The number of imide groups is 1. The summed E-state index contributed by atoms with van der Waals surface area (Å²) in [5.74, 6) is -1.35. The predicted octanol–water partition coefficient (Wildman–Crippen LogP) is 6.06. The molecule has 3 fully saturated rings. The number of hydrogen-bond acceptors (Lipinski definition) is 7. The lowest BCUT2D eigenvalue weighted by atomic mass is 9.85. The second-order valence-corrected chi connectivity index (χ2v) is 14.9. The summed E-state index contributed by atoms with van der Waals surface area (Å²) >= 11 is 0. The van der Waals surface area contributed by atoms with Crippen molar-refractivity contribution in [3.8, 4) is 0 Å². The van der Waals surface area contributed by atoms with Gasteiger partial charge in [-0.05, 0) is 88.2 Å². The number of carbonyl (C=O) groups is 3. The van der Waals surface area contributed by atoms with Crippen molar-refractivity contribution in [2.24, 2.45) is 13.0 Å². The predicted molar refractivity (Wildman–Crippen MR) is 194 cm³/mol. The molecule has 2 N–H and O–H groups in total. The van der Waals surface area contributed by atoms with Crippen LogP contribution in [0.5, 0.6) is 0 Å². The zero-order chi connectivity index (χ0) is 39.2. The number of aromatic nitrogens is 4. The summed E-state index contributed by atoms with van der Waals surface area (Å²) in [6, 6.07) is 8.95. The van der Waals surface area contributed by atoms with E-state index in [1.54, 1.807) is 11.6 Å². The monoisotopic (exact) mass is 770 g/mol. The Hall–Kier alpha value is -5.06. The Morgan fingerprint density at radius 2 is 1.71 bits per heavy atom. The van der Waals surface area contributed by atoms with E-state index in [0.717, 1.165) is 68.7 Å². The highest BCUT2D eigenvalue weighted by molar-refractivity contribution is 6.04. The fourth-order valence-corrected chi connectivity index (χ4v) is 8.48. The van der Waals surface area contributed by atoms with E-state index in [0.29, 0.717) is 36.4 Å². The summed E-state index contributed by atoms with van der Waals surface area (Å²) in [5, 5.41) is 8.79. The summed E-state index contributed by atoms with van der Waals surface area (Å²) in [4.78, 5) is 55.3. The highest BCUT2D eigenvalue weighted by Gasteiger charge is 2.34. The van der Waals surface area contributed by atoms with Gasteiger partial charge in [-0.1, -0.05) is 12.1 Å². The molecule has 1 unspecified atom stereocenters. The number of aryl methyl sites for hydroxylation is 1. The smallest absolute Gasteiger partial charge is 0.370 e. The van der Waals surface area contributed by atoms with Gasteiger partial charge >= 0.3 is 11.9 Å². The summed E-state index contributed by atoms with van der Waals surface area (Å²) in [5.41, 5.74) is -0.130. The van der Waals surface area contributed by atoms with Crippen LogP contribution in [-0.4, -0.2) is 74.3 Å². The van der Waals surface area contributed by atoms with E-state index in [1.165, 1.54) is 21.5 Å². The Labute approximate surface area is 313 Å². The van der Waals surface area contributed by atoms with E-state index in [1.807, 2.05) is 18.2 Å². The molecule has 7 rings (SSSR count). The number of nitrogens with one attached hydrogen (secondary N) is 2. The second kappa shape index (κ2) is 15.2.